The van der Waals surface area contributed by atoms with Gasteiger partial charge in [0.15, 0.2) is 0 Å². The zero-order valence-corrected chi connectivity index (χ0v) is 9.26. The minimum Gasteiger partial charge on any atom is -0.396 e. The van der Waals surface area contributed by atoms with Crippen LogP contribution in [0.3, 0.4) is 0 Å². The molecule has 15 heavy (non-hydrogen) atoms. The van der Waals surface area contributed by atoms with E-state index in [9.17, 15) is 0 Å². The predicted molar refractivity (Wildman–Crippen MR) is 58.2 cm³/mol. The first-order chi connectivity index (χ1) is 7.27. The van der Waals surface area contributed by atoms with Gasteiger partial charge in [0.05, 0.1) is 17.9 Å². The lowest BCUT2D eigenvalue weighted by molar-refractivity contribution is 0.281. The highest BCUT2D eigenvalue weighted by atomic mass is 16.2. The summed E-state index contributed by atoms with van der Waals surface area (Å²) in [5, 5.41) is 16.7. The molecule has 1 rings (SSSR count). The molecule has 3 N–H and O–H groups in total. The molecule has 5 nitrogen and oxygen atoms in total. The van der Waals surface area contributed by atoms with Crippen LogP contribution in [0.2, 0.25) is 0 Å². The number of nitrogens with two attached hydrogens (primary N) is 1. The first-order valence-corrected chi connectivity index (χ1v) is 5.54. The Hall–Kier alpha value is -0.940. The molecule has 1 unspecified atom stereocenters. The Morgan fingerprint density at radius 3 is 2.93 bits per heavy atom. The Labute approximate surface area is 90.3 Å². The number of aliphatic hydroxyl groups is 1. The minimum atomic E-state index is -0.00353. The van der Waals surface area contributed by atoms with Crippen LogP contribution in [0.15, 0.2) is 6.20 Å². The van der Waals surface area contributed by atoms with Crippen LogP contribution in [-0.4, -0.2) is 26.7 Å². The van der Waals surface area contributed by atoms with E-state index in [1.807, 2.05) is 17.8 Å². The molecular formula is C10H20N4O. The smallest absolute Gasteiger partial charge is 0.0993 e. The number of aromatic nitrogens is 3. The highest BCUT2D eigenvalue weighted by Crippen LogP contribution is 2.09. The van der Waals surface area contributed by atoms with Crippen LogP contribution in [0.5, 0.6) is 0 Å². The standard InChI is InChI=1S/C10H20N4O/c1-2-9(11)10-8-14(13-12-10)6-4-3-5-7-15/h8-9,15H,2-7,11H2,1H3. The summed E-state index contributed by atoms with van der Waals surface area (Å²) in [4.78, 5) is 0. The Balaban J connectivity index is 2.33. The second-order valence-electron chi connectivity index (χ2n) is 3.71. The summed E-state index contributed by atoms with van der Waals surface area (Å²) in [7, 11) is 0. The molecule has 86 valence electrons. The van der Waals surface area contributed by atoms with Crippen LogP contribution in [0.4, 0.5) is 0 Å². The molecule has 0 amide bonds. The van der Waals surface area contributed by atoms with Gasteiger partial charge in [0.1, 0.15) is 0 Å². The molecule has 1 atom stereocenters. The van der Waals surface area contributed by atoms with E-state index in [2.05, 4.69) is 10.3 Å². The van der Waals surface area contributed by atoms with Crippen molar-refractivity contribution in [3.8, 4) is 0 Å². The van der Waals surface area contributed by atoms with Crippen molar-refractivity contribution in [1.29, 1.82) is 0 Å². The first-order valence-electron chi connectivity index (χ1n) is 5.54. The van der Waals surface area contributed by atoms with Crippen LogP contribution in [0.1, 0.15) is 44.3 Å². The average molecular weight is 212 g/mol. The third-order valence-corrected chi connectivity index (χ3v) is 2.42. The van der Waals surface area contributed by atoms with E-state index in [0.29, 0.717) is 0 Å². The number of aliphatic hydroxyl groups excluding tert-OH is 1. The van der Waals surface area contributed by atoms with Crippen molar-refractivity contribution in [2.45, 2.75) is 45.2 Å². The Bertz CT molecular complexity index is 274. The van der Waals surface area contributed by atoms with E-state index < -0.39 is 0 Å². The Morgan fingerprint density at radius 1 is 1.47 bits per heavy atom. The van der Waals surface area contributed by atoms with Gasteiger partial charge in [-0.3, -0.25) is 4.68 Å². The maximum atomic E-state index is 8.62. The molecule has 1 heterocycles. The maximum absolute atomic E-state index is 8.62. The molecule has 0 bridgehead atoms. The van der Waals surface area contributed by atoms with E-state index in [4.69, 9.17) is 10.8 Å². The molecular weight excluding hydrogens is 192 g/mol. The Morgan fingerprint density at radius 2 is 2.27 bits per heavy atom. The lowest BCUT2D eigenvalue weighted by Crippen LogP contribution is -2.08. The third-order valence-electron chi connectivity index (χ3n) is 2.42. The topological polar surface area (TPSA) is 77.0 Å². The third kappa shape index (κ3) is 3.97. The Kier molecular flexibility index (Phi) is 5.28. The van der Waals surface area contributed by atoms with Gasteiger partial charge in [-0.2, -0.15) is 0 Å². The van der Waals surface area contributed by atoms with Crippen molar-refractivity contribution in [1.82, 2.24) is 15.0 Å². The van der Waals surface area contributed by atoms with E-state index >= 15 is 0 Å². The number of hydrogen-bond acceptors (Lipinski definition) is 4. The van der Waals surface area contributed by atoms with Gasteiger partial charge >= 0.3 is 0 Å². The van der Waals surface area contributed by atoms with Gasteiger partial charge in [0.2, 0.25) is 0 Å². The molecule has 0 spiro atoms. The molecule has 0 aliphatic rings. The van der Waals surface area contributed by atoms with E-state index in [0.717, 1.165) is 37.9 Å². The summed E-state index contributed by atoms with van der Waals surface area (Å²) in [5.41, 5.74) is 6.70. The quantitative estimate of drug-likeness (QED) is 0.657. The molecule has 1 aromatic heterocycles. The lowest BCUT2D eigenvalue weighted by Gasteiger charge is -2.02. The van der Waals surface area contributed by atoms with Crippen LogP contribution >= 0.6 is 0 Å². The molecule has 0 radical (unpaired) electrons. The largest absolute Gasteiger partial charge is 0.396 e. The molecule has 0 aromatic carbocycles. The fourth-order valence-electron chi connectivity index (χ4n) is 1.36. The summed E-state index contributed by atoms with van der Waals surface area (Å²) >= 11 is 0. The van der Waals surface area contributed by atoms with Gasteiger partial charge in [-0.05, 0) is 25.7 Å². The van der Waals surface area contributed by atoms with Crippen molar-refractivity contribution in [3.63, 3.8) is 0 Å². The number of nitrogens with zero attached hydrogens (tertiary/aromatic N) is 3. The SMILES string of the molecule is CCC(N)c1cn(CCCCCO)nn1. The monoisotopic (exact) mass is 212 g/mol. The van der Waals surface area contributed by atoms with Crippen LogP contribution in [-0.2, 0) is 6.54 Å². The minimum absolute atomic E-state index is 0.00353. The maximum Gasteiger partial charge on any atom is 0.0993 e. The number of aryl methyl sites for hydroxylation is 1. The van der Waals surface area contributed by atoms with E-state index in [1.54, 1.807) is 0 Å². The summed E-state index contributed by atoms with van der Waals surface area (Å²) < 4.78 is 1.82. The molecule has 0 fully saturated rings. The summed E-state index contributed by atoms with van der Waals surface area (Å²) in [5.74, 6) is 0. The number of unbranched alkanes of at least 4 members (excludes halogenated alkanes) is 2. The van der Waals surface area contributed by atoms with Crippen LogP contribution in [0, 0.1) is 0 Å². The summed E-state index contributed by atoms with van der Waals surface area (Å²) in [6.45, 7) is 3.15. The van der Waals surface area contributed by atoms with Gasteiger partial charge in [-0.25, -0.2) is 0 Å². The zero-order valence-electron chi connectivity index (χ0n) is 9.26. The fourth-order valence-corrected chi connectivity index (χ4v) is 1.36. The first kappa shape index (κ1) is 12.1. The number of rotatable bonds is 7. The fraction of sp³-hybridized carbons (Fsp3) is 0.800. The van der Waals surface area contributed by atoms with Crippen molar-refractivity contribution < 1.29 is 5.11 Å². The highest BCUT2D eigenvalue weighted by molar-refractivity contribution is 4.98. The van der Waals surface area contributed by atoms with Gasteiger partial charge in [-0.1, -0.05) is 12.1 Å². The second-order valence-corrected chi connectivity index (χ2v) is 3.71. The van der Waals surface area contributed by atoms with Gasteiger partial charge in [-0.15, -0.1) is 5.10 Å². The van der Waals surface area contributed by atoms with Crippen molar-refractivity contribution in [2.75, 3.05) is 6.61 Å². The molecule has 5 heteroatoms. The van der Waals surface area contributed by atoms with E-state index in [1.165, 1.54) is 0 Å². The molecule has 0 saturated heterocycles. The molecule has 0 saturated carbocycles. The lowest BCUT2D eigenvalue weighted by atomic mass is 10.2. The molecule has 0 aliphatic carbocycles. The van der Waals surface area contributed by atoms with Crippen molar-refractivity contribution >= 4 is 0 Å². The van der Waals surface area contributed by atoms with Crippen molar-refractivity contribution in [3.05, 3.63) is 11.9 Å². The normalized spacial score (nSPS) is 13.0. The molecule has 1 aromatic rings. The average Bonchev–Trinajstić information content (AvgIpc) is 2.72. The van der Waals surface area contributed by atoms with Crippen LogP contribution < -0.4 is 5.73 Å². The zero-order chi connectivity index (χ0) is 11.1. The van der Waals surface area contributed by atoms with Gasteiger partial charge in [0, 0.05) is 13.2 Å². The summed E-state index contributed by atoms with van der Waals surface area (Å²) in [6, 6.07) is -0.00353. The summed E-state index contributed by atoms with van der Waals surface area (Å²) in [6.07, 6.45) is 5.68. The van der Waals surface area contributed by atoms with E-state index in [-0.39, 0.29) is 12.6 Å². The highest BCUT2D eigenvalue weighted by Gasteiger charge is 2.07. The van der Waals surface area contributed by atoms with Crippen LogP contribution in [0.25, 0.3) is 0 Å². The van der Waals surface area contributed by atoms with Gasteiger partial charge < -0.3 is 10.8 Å². The van der Waals surface area contributed by atoms with Gasteiger partial charge in [0.25, 0.3) is 0 Å². The predicted octanol–water partition coefficient (Wildman–Crippen LogP) is 0.850. The second kappa shape index (κ2) is 6.53. The number of hydrogen-bond donors (Lipinski definition) is 2. The molecule has 0 aliphatic heterocycles. The van der Waals surface area contributed by atoms with Crippen molar-refractivity contribution in [2.24, 2.45) is 5.73 Å².